The molecule has 0 aromatic carbocycles. The second-order valence-electron chi connectivity index (χ2n) is 5.38. The smallest absolute Gasteiger partial charge is 0.257 e. The Balaban J connectivity index is 1.58. The standard InChI is InChI=1S/C16H13ClN6O/c1-10-14(15-18-5-2-6-23(15)21-10)16(24)19-7-12-9-22-8-11(17)3-4-13(22)20-12/h2-6,8-9H,7H2,1H3,(H,19,24). The van der Waals surface area contributed by atoms with Gasteiger partial charge in [-0.25, -0.2) is 14.5 Å². The summed E-state index contributed by atoms with van der Waals surface area (Å²) in [7, 11) is 0. The molecule has 4 aromatic rings. The number of carbonyl (C=O) groups is 1. The van der Waals surface area contributed by atoms with Gasteiger partial charge in [-0.15, -0.1) is 0 Å². The third kappa shape index (κ3) is 2.48. The molecule has 0 fully saturated rings. The minimum Gasteiger partial charge on any atom is -0.346 e. The van der Waals surface area contributed by atoms with E-state index in [0.29, 0.717) is 28.5 Å². The molecule has 0 aliphatic rings. The van der Waals surface area contributed by atoms with Crippen LogP contribution in [-0.4, -0.2) is 29.9 Å². The molecule has 4 heterocycles. The van der Waals surface area contributed by atoms with E-state index in [4.69, 9.17) is 11.6 Å². The number of nitrogens with zero attached hydrogens (tertiary/aromatic N) is 5. The number of aromatic nitrogens is 5. The summed E-state index contributed by atoms with van der Waals surface area (Å²) in [6.45, 7) is 2.10. The average molecular weight is 341 g/mol. The number of amides is 1. The first kappa shape index (κ1) is 14.6. The summed E-state index contributed by atoms with van der Waals surface area (Å²) in [4.78, 5) is 21.2. The predicted octanol–water partition coefficient (Wildman–Crippen LogP) is 2.27. The highest BCUT2D eigenvalue weighted by Crippen LogP contribution is 2.14. The van der Waals surface area contributed by atoms with Crippen LogP contribution in [0.5, 0.6) is 0 Å². The van der Waals surface area contributed by atoms with Crippen LogP contribution in [0.4, 0.5) is 0 Å². The number of halogens is 1. The van der Waals surface area contributed by atoms with Gasteiger partial charge >= 0.3 is 0 Å². The maximum absolute atomic E-state index is 12.5. The van der Waals surface area contributed by atoms with Crippen molar-refractivity contribution in [3.8, 4) is 0 Å². The zero-order chi connectivity index (χ0) is 16.7. The second kappa shape index (κ2) is 5.61. The summed E-state index contributed by atoms with van der Waals surface area (Å²) in [5, 5.41) is 7.79. The normalized spacial score (nSPS) is 11.2. The van der Waals surface area contributed by atoms with Crippen molar-refractivity contribution in [2.45, 2.75) is 13.5 Å². The Morgan fingerprint density at radius 3 is 3.08 bits per heavy atom. The van der Waals surface area contributed by atoms with E-state index in [-0.39, 0.29) is 5.91 Å². The number of carbonyl (C=O) groups excluding carboxylic acids is 1. The van der Waals surface area contributed by atoms with E-state index in [1.807, 2.05) is 16.7 Å². The first-order valence-corrected chi connectivity index (χ1v) is 7.71. The van der Waals surface area contributed by atoms with Gasteiger partial charge in [0.1, 0.15) is 11.2 Å². The third-order valence-corrected chi connectivity index (χ3v) is 3.92. The van der Waals surface area contributed by atoms with Crippen molar-refractivity contribution in [1.82, 2.24) is 29.3 Å². The molecule has 24 heavy (non-hydrogen) atoms. The molecule has 4 rings (SSSR count). The van der Waals surface area contributed by atoms with Gasteiger partial charge in [-0.2, -0.15) is 5.10 Å². The molecule has 0 atom stereocenters. The monoisotopic (exact) mass is 340 g/mol. The molecule has 1 amide bonds. The maximum atomic E-state index is 12.5. The number of rotatable bonds is 3. The maximum Gasteiger partial charge on any atom is 0.257 e. The van der Waals surface area contributed by atoms with Crippen LogP contribution in [0.25, 0.3) is 11.3 Å². The number of hydrogen-bond donors (Lipinski definition) is 1. The van der Waals surface area contributed by atoms with Crippen LogP contribution in [0, 0.1) is 6.92 Å². The number of imidazole rings is 1. The van der Waals surface area contributed by atoms with Crippen LogP contribution < -0.4 is 5.32 Å². The van der Waals surface area contributed by atoms with Crippen molar-refractivity contribution in [1.29, 1.82) is 0 Å². The van der Waals surface area contributed by atoms with Crippen LogP contribution >= 0.6 is 11.6 Å². The van der Waals surface area contributed by atoms with E-state index in [1.54, 1.807) is 42.2 Å². The largest absolute Gasteiger partial charge is 0.346 e. The van der Waals surface area contributed by atoms with Gasteiger partial charge in [-0.05, 0) is 25.1 Å². The summed E-state index contributed by atoms with van der Waals surface area (Å²) in [5.41, 5.74) is 3.16. The highest BCUT2D eigenvalue weighted by atomic mass is 35.5. The Morgan fingerprint density at radius 2 is 2.21 bits per heavy atom. The Labute approximate surface area is 141 Å². The Bertz CT molecular complexity index is 1070. The second-order valence-corrected chi connectivity index (χ2v) is 5.81. The fourth-order valence-electron chi connectivity index (χ4n) is 2.62. The topological polar surface area (TPSA) is 76.6 Å². The summed E-state index contributed by atoms with van der Waals surface area (Å²) >= 11 is 5.96. The molecule has 0 saturated carbocycles. The fourth-order valence-corrected chi connectivity index (χ4v) is 2.79. The number of pyridine rings is 1. The molecule has 0 radical (unpaired) electrons. The quantitative estimate of drug-likeness (QED) is 0.620. The lowest BCUT2D eigenvalue weighted by Gasteiger charge is -2.02. The van der Waals surface area contributed by atoms with Gasteiger partial charge in [-0.3, -0.25) is 4.79 Å². The third-order valence-electron chi connectivity index (χ3n) is 3.69. The number of aryl methyl sites for hydroxylation is 1. The molecule has 0 spiro atoms. The van der Waals surface area contributed by atoms with Crippen molar-refractivity contribution < 1.29 is 4.79 Å². The first-order valence-electron chi connectivity index (χ1n) is 7.33. The molecule has 8 heteroatoms. The van der Waals surface area contributed by atoms with E-state index >= 15 is 0 Å². The Kier molecular flexibility index (Phi) is 3.42. The molecule has 1 N–H and O–H groups in total. The summed E-state index contributed by atoms with van der Waals surface area (Å²) in [6.07, 6.45) is 7.01. The average Bonchev–Trinajstić information content (AvgIpc) is 3.11. The molecule has 0 unspecified atom stereocenters. The minimum atomic E-state index is -0.226. The van der Waals surface area contributed by atoms with Crippen molar-refractivity contribution >= 4 is 28.8 Å². The van der Waals surface area contributed by atoms with E-state index in [9.17, 15) is 4.79 Å². The van der Waals surface area contributed by atoms with Crippen LogP contribution in [0.2, 0.25) is 5.02 Å². The van der Waals surface area contributed by atoms with Gasteiger partial charge in [0.05, 0.1) is 23.0 Å². The van der Waals surface area contributed by atoms with Crippen LogP contribution in [0.1, 0.15) is 21.7 Å². The van der Waals surface area contributed by atoms with E-state index < -0.39 is 0 Å². The molecule has 4 aromatic heterocycles. The molecular weight excluding hydrogens is 328 g/mol. The number of hydrogen-bond acceptors (Lipinski definition) is 4. The van der Waals surface area contributed by atoms with Crippen molar-refractivity contribution in [2.75, 3.05) is 0 Å². The molecule has 7 nitrogen and oxygen atoms in total. The zero-order valence-electron chi connectivity index (χ0n) is 12.8. The van der Waals surface area contributed by atoms with Gasteiger partial charge in [0.2, 0.25) is 0 Å². The highest BCUT2D eigenvalue weighted by Gasteiger charge is 2.18. The van der Waals surface area contributed by atoms with Gasteiger partial charge in [0.25, 0.3) is 5.91 Å². The first-order chi connectivity index (χ1) is 11.6. The van der Waals surface area contributed by atoms with E-state index in [1.165, 1.54) is 0 Å². The SMILES string of the molecule is Cc1nn2cccnc2c1C(=O)NCc1cn2cc(Cl)ccc2n1. The van der Waals surface area contributed by atoms with Gasteiger partial charge in [0, 0.05) is 24.8 Å². The Morgan fingerprint density at radius 1 is 1.33 bits per heavy atom. The number of nitrogens with one attached hydrogen (secondary N) is 1. The molecular formula is C16H13ClN6O. The van der Waals surface area contributed by atoms with Crippen molar-refractivity contribution in [2.24, 2.45) is 0 Å². The molecule has 120 valence electrons. The zero-order valence-corrected chi connectivity index (χ0v) is 13.5. The molecule has 0 bridgehead atoms. The molecule has 0 aliphatic carbocycles. The Hall–Kier alpha value is -2.93. The lowest BCUT2D eigenvalue weighted by molar-refractivity contribution is 0.0951. The summed E-state index contributed by atoms with van der Waals surface area (Å²) < 4.78 is 3.42. The van der Waals surface area contributed by atoms with Crippen molar-refractivity contribution in [3.05, 3.63) is 65.0 Å². The van der Waals surface area contributed by atoms with E-state index in [2.05, 4.69) is 20.4 Å². The van der Waals surface area contributed by atoms with Gasteiger partial charge in [0.15, 0.2) is 5.65 Å². The summed E-state index contributed by atoms with van der Waals surface area (Å²) in [5.74, 6) is -0.226. The summed E-state index contributed by atoms with van der Waals surface area (Å²) in [6, 6.07) is 5.37. The van der Waals surface area contributed by atoms with Gasteiger partial charge < -0.3 is 9.72 Å². The highest BCUT2D eigenvalue weighted by molar-refractivity contribution is 6.30. The van der Waals surface area contributed by atoms with Gasteiger partial charge in [-0.1, -0.05) is 11.6 Å². The van der Waals surface area contributed by atoms with E-state index in [0.717, 1.165) is 11.3 Å². The van der Waals surface area contributed by atoms with Crippen LogP contribution in [-0.2, 0) is 6.54 Å². The lowest BCUT2D eigenvalue weighted by atomic mass is 10.2. The lowest BCUT2D eigenvalue weighted by Crippen LogP contribution is -2.23. The fraction of sp³-hybridized carbons (Fsp3) is 0.125. The minimum absolute atomic E-state index is 0.226. The van der Waals surface area contributed by atoms with Crippen molar-refractivity contribution in [3.63, 3.8) is 0 Å². The number of fused-ring (bicyclic) bond motifs is 2. The molecule has 0 aliphatic heterocycles. The van der Waals surface area contributed by atoms with Crippen LogP contribution in [0.3, 0.4) is 0 Å². The predicted molar refractivity (Wildman–Crippen MR) is 89.1 cm³/mol. The van der Waals surface area contributed by atoms with Crippen LogP contribution in [0.15, 0.2) is 43.0 Å². The molecule has 0 saturated heterocycles.